The minimum atomic E-state index is -1.17. The van der Waals surface area contributed by atoms with E-state index in [-0.39, 0.29) is 0 Å². The summed E-state index contributed by atoms with van der Waals surface area (Å²) in [6, 6.07) is 7.35. The second-order valence-electron chi connectivity index (χ2n) is 4.02. The Morgan fingerprint density at radius 2 is 2.24 bits per heavy atom. The molecule has 0 heterocycles. The first-order valence-corrected chi connectivity index (χ1v) is 5.99. The van der Waals surface area contributed by atoms with Crippen LogP contribution >= 0.6 is 15.9 Å². The number of carboxylic acids is 1. The van der Waals surface area contributed by atoms with Gasteiger partial charge in [-0.2, -0.15) is 0 Å². The first kappa shape index (κ1) is 14.0. The molecule has 0 fully saturated rings. The smallest absolute Gasteiger partial charge is 0.331 e. The van der Waals surface area contributed by atoms with Crippen LogP contribution in [-0.4, -0.2) is 29.8 Å². The van der Waals surface area contributed by atoms with Gasteiger partial charge in [-0.25, -0.2) is 4.79 Å². The van der Waals surface area contributed by atoms with Crippen LogP contribution in [0.3, 0.4) is 0 Å². The third-order valence-electron chi connectivity index (χ3n) is 2.84. The standard InChI is InChI=1S/C12H16BrNO3/c1-8(17-3)12(2,11(15)16)14-10-6-4-5-9(13)7-10/h4-8,14H,1-3H3,(H,15,16). The van der Waals surface area contributed by atoms with Crippen molar-refractivity contribution in [3.8, 4) is 0 Å². The zero-order valence-electron chi connectivity index (χ0n) is 10.0. The third kappa shape index (κ3) is 3.20. The molecule has 0 bridgehead atoms. The number of nitrogens with one attached hydrogen (secondary N) is 1. The van der Waals surface area contributed by atoms with Crippen LogP contribution in [0.4, 0.5) is 5.69 Å². The number of anilines is 1. The van der Waals surface area contributed by atoms with Crippen molar-refractivity contribution in [2.45, 2.75) is 25.5 Å². The lowest BCUT2D eigenvalue weighted by atomic mass is 9.95. The maximum Gasteiger partial charge on any atom is 0.331 e. The number of hydrogen-bond donors (Lipinski definition) is 2. The number of aliphatic carboxylic acids is 1. The fourth-order valence-corrected chi connectivity index (χ4v) is 1.83. The summed E-state index contributed by atoms with van der Waals surface area (Å²) in [5, 5.41) is 12.3. The molecule has 0 amide bonds. The number of rotatable bonds is 5. The number of hydrogen-bond acceptors (Lipinski definition) is 3. The average molecular weight is 302 g/mol. The first-order chi connectivity index (χ1) is 7.90. The van der Waals surface area contributed by atoms with Crippen molar-refractivity contribution in [1.82, 2.24) is 0 Å². The molecule has 5 heteroatoms. The van der Waals surface area contributed by atoms with E-state index >= 15 is 0 Å². The van der Waals surface area contributed by atoms with Crippen LogP contribution < -0.4 is 5.32 Å². The van der Waals surface area contributed by atoms with Gasteiger partial charge in [-0.1, -0.05) is 22.0 Å². The highest BCUT2D eigenvalue weighted by Crippen LogP contribution is 2.23. The van der Waals surface area contributed by atoms with Gasteiger partial charge in [0.15, 0.2) is 5.54 Å². The molecule has 0 aromatic heterocycles. The normalized spacial score (nSPS) is 16.0. The number of carboxylic acid groups (broad SMARTS) is 1. The van der Waals surface area contributed by atoms with Crippen molar-refractivity contribution in [3.63, 3.8) is 0 Å². The Labute approximate surface area is 109 Å². The zero-order chi connectivity index (χ0) is 13.1. The third-order valence-corrected chi connectivity index (χ3v) is 3.33. The second kappa shape index (κ2) is 5.51. The fourth-order valence-electron chi connectivity index (χ4n) is 1.43. The highest BCUT2D eigenvalue weighted by atomic mass is 79.9. The van der Waals surface area contributed by atoms with E-state index < -0.39 is 17.6 Å². The SMILES string of the molecule is COC(C)C(C)(Nc1cccc(Br)c1)C(=O)O. The molecule has 1 rings (SSSR count). The summed E-state index contributed by atoms with van der Waals surface area (Å²) in [6.07, 6.45) is -0.459. The van der Waals surface area contributed by atoms with Crippen molar-refractivity contribution < 1.29 is 14.6 Å². The Morgan fingerprint density at radius 3 is 2.71 bits per heavy atom. The molecule has 4 nitrogen and oxygen atoms in total. The summed E-state index contributed by atoms with van der Waals surface area (Å²) in [4.78, 5) is 11.4. The van der Waals surface area contributed by atoms with Gasteiger partial charge in [-0.15, -0.1) is 0 Å². The Kier molecular flexibility index (Phi) is 4.54. The van der Waals surface area contributed by atoms with Crippen LogP contribution in [0.2, 0.25) is 0 Å². The van der Waals surface area contributed by atoms with Gasteiger partial charge < -0.3 is 15.2 Å². The molecule has 17 heavy (non-hydrogen) atoms. The van der Waals surface area contributed by atoms with E-state index in [4.69, 9.17) is 4.74 Å². The predicted molar refractivity (Wildman–Crippen MR) is 70.3 cm³/mol. The van der Waals surface area contributed by atoms with Crippen molar-refractivity contribution in [2.75, 3.05) is 12.4 Å². The molecule has 0 spiro atoms. The van der Waals surface area contributed by atoms with Crippen molar-refractivity contribution in [3.05, 3.63) is 28.7 Å². The molecule has 0 aliphatic heterocycles. The number of ether oxygens (including phenoxy) is 1. The molecule has 0 aliphatic carbocycles. The van der Waals surface area contributed by atoms with Gasteiger partial charge in [0.1, 0.15) is 0 Å². The largest absolute Gasteiger partial charge is 0.479 e. The molecular formula is C12H16BrNO3. The Balaban J connectivity index is 2.99. The van der Waals surface area contributed by atoms with Gasteiger partial charge in [0, 0.05) is 17.3 Å². The summed E-state index contributed by atoms with van der Waals surface area (Å²) in [5.41, 5.74) is -0.441. The topological polar surface area (TPSA) is 58.6 Å². The average Bonchev–Trinajstić information content (AvgIpc) is 2.27. The van der Waals surface area contributed by atoms with E-state index in [1.165, 1.54) is 7.11 Å². The van der Waals surface area contributed by atoms with Gasteiger partial charge in [-0.3, -0.25) is 0 Å². The van der Waals surface area contributed by atoms with Crippen molar-refractivity contribution in [2.24, 2.45) is 0 Å². The quantitative estimate of drug-likeness (QED) is 0.878. The highest BCUT2D eigenvalue weighted by Gasteiger charge is 2.39. The molecule has 0 aliphatic rings. The predicted octanol–water partition coefficient (Wildman–Crippen LogP) is 2.74. The lowest BCUT2D eigenvalue weighted by molar-refractivity contribution is -0.146. The number of benzene rings is 1. The van der Waals surface area contributed by atoms with Crippen LogP contribution in [0.1, 0.15) is 13.8 Å². The Hall–Kier alpha value is -1.07. The summed E-state index contributed by atoms with van der Waals surface area (Å²) in [5.74, 6) is -0.952. The van der Waals surface area contributed by atoms with Crippen LogP contribution in [0.25, 0.3) is 0 Å². The van der Waals surface area contributed by atoms with Crippen LogP contribution in [0.5, 0.6) is 0 Å². The fraction of sp³-hybridized carbons (Fsp3) is 0.417. The summed E-state index contributed by atoms with van der Waals surface area (Å²) >= 11 is 3.34. The number of carbonyl (C=O) groups is 1. The molecule has 2 N–H and O–H groups in total. The molecule has 2 unspecified atom stereocenters. The molecule has 2 atom stereocenters. The Morgan fingerprint density at radius 1 is 1.59 bits per heavy atom. The zero-order valence-corrected chi connectivity index (χ0v) is 11.6. The maximum atomic E-state index is 11.4. The highest BCUT2D eigenvalue weighted by molar-refractivity contribution is 9.10. The van der Waals surface area contributed by atoms with Crippen LogP contribution in [0.15, 0.2) is 28.7 Å². The molecule has 0 radical (unpaired) electrons. The lowest BCUT2D eigenvalue weighted by Crippen LogP contribution is -2.52. The number of halogens is 1. The summed E-state index contributed by atoms with van der Waals surface area (Å²) in [7, 11) is 1.49. The van der Waals surface area contributed by atoms with E-state index in [0.717, 1.165) is 10.2 Å². The van der Waals surface area contributed by atoms with Crippen molar-refractivity contribution in [1.29, 1.82) is 0 Å². The molecule has 1 aromatic carbocycles. The van der Waals surface area contributed by atoms with Crippen LogP contribution in [-0.2, 0) is 9.53 Å². The summed E-state index contributed by atoms with van der Waals surface area (Å²) in [6.45, 7) is 3.32. The van der Waals surface area contributed by atoms with E-state index in [1.54, 1.807) is 13.8 Å². The van der Waals surface area contributed by atoms with Gasteiger partial charge in [-0.05, 0) is 32.0 Å². The van der Waals surface area contributed by atoms with E-state index in [1.807, 2.05) is 24.3 Å². The van der Waals surface area contributed by atoms with Gasteiger partial charge >= 0.3 is 5.97 Å². The molecule has 0 saturated heterocycles. The molecular weight excluding hydrogens is 286 g/mol. The van der Waals surface area contributed by atoms with E-state index in [9.17, 15) is 9.90 Å². The Bertz CT molecular complexity index is 410. The monoisotopic (exact) mass is 301 g/mol. The molecule has 0 saturated carbocycles. The maximum absolute atomic E-state index is 11.4. The van der Waals surface area contributed by atoms with Gasteiger partial charge in [0.05, 0.1) is 6.10 Å². The van der Waals surface area contributed by atoms with E-state index in [2.05, 4.69) is 21.2 Å². The number of methoxy groups -OCH3 is 1. The van der Waals surface area contributed by atoms with Gasteiger partial charge in [0.25, 0.3) is 0 Å². The molecule has 94 valence electrons. The second-order valence-corrected chi connectivity index (χ2v) is 4.94. The minimum Gasteiger partial charge on any atom is -0.479 e. The molecule has 1 aromatic rings. The van der Waals surface area contributed by atoms with E-state index in [0.29, 0.717) is 0 Å². The summed E-state index contributed by atoms with van der Waals surface area (Å²) < 4.78 is 6.01. The first-order valence-electron chi connectivity index (χ1n) is 5.20. The van der Waals surface area contributed by atoms with Crippen LogP contribution in [0, 0.1) is 0 Å². The lowest BCUT2D eigenvalue weighted by Gasteiger charge is -2.32. The minimum absolute atomic E-state index is 0.459. The van der Waals surface area contributed by atoms with Crippen molar-refractivity contribution >= 4 is 27.6 Å². The van der Waals surface area contributed by atoms with Gasteiger partial charge in [0.2, 0.25) is 0 Å².